The van der Waals surface area contributed by atoms with Gasteiger partial charge in [-0.3, -0.25) is 15.0 Å². The van der Waals surface area contributed by atoms with E-state index in [4.69, 9.17) is 10.5 Å². The third-order valence-electron chi connectivity index (χ3n) is 4.23. The molecular formula is C14H20N4O3. The minimum atomic E-state index is -0.449. The lowest BCUT2D eigenvalue weighted by Gasteiger charge is -2.35. The molecule has 2 saturated heterocycles. The van der Waals surface area contributed by atoms with Gasteiger partial charge in [0.2, 0.25) is 0 Å². The van der Waals surface area contributed by atoms with E-state index in [1.807, 2.05) is 0 Å². The Bertz CT molecular complexity index is 537. The number of nitro groups is 1. The highest BCUT2D eigenvalue weighted by molar-refractivity contribution is 5.74. The number of nitrogens with two attached hydrogens (primary N) is 1. The zero-order chi connectivity index (χ0) is 14.8. The van der Waals surface area contributed by atoms with Gasteiger partial charge in [-0.05, 0) is 31.5 Å². The number of rotatable bonds is 4. The minimum absolute atomic E-state index is 0.0559. The van der Waals surface area contributed by atoms with Crippen LogP contribution in [0.25, 0.3) is 0 Å². The summed E-state index contributed by atoms with van der Waals surface area (Å²) in [6.07, 6.45) is 2.50. The van der Waals surface area contributed by atoms with Crippen molar-refractivity contribution in [2.45, 2.75) is 25.0 Å². The van der Waals surface area contributed by atoms with E-state index in [2.05, 4.69) is 10.2 Å². The molecule has 2 aliphatic rings. The second-order valence-electron chi connectivity index (χ2n) is 5.63. The molecule has 2 atom stereocenters. The van der Waals surface area contributed by atoms with Crippen LogP contribution in [-0.2, 0) is 4.74 Å². The molecule has 3 N–H and O–H groups in total. The van der Waals surface area contributed by atoms with Crippen LogP contribution < -0.4 is 11.1 Å². The Morgan fingerprint density at radius 3 is 3.19 bits per heavy atom. The summed E-state index contributed by atoms with van der Waals surface area (Å²) < 4.78 is 5.84. The molecule has 0 aliphatic carbocycles. The Labute approximate surface area is 123 Å². The Morgan fingerprint density at radius 1 is 1.52 bits per heavy atom. The maximum Gasteiger partial charge on any atom is 0.314 e. The fraction of sp³-hybridized carbons (Fsp3) is 0.571. The average molecular weight is 292 g/mol. The van der Waals surface area contributed by atoms with E-state index in [0.717, 1.165) is 19.7 Å². The second kappa shape index (κ2) is 5.87. The lowest BCUT2D eigenvalue weighted by molar-refractivity contribution is -0.383. The number of benzene rings is 1. The van der Waals surface area contributed by atoms with Crippen LogP contribution in [0.1, 0.15) is 12.8 Å². The summed E-state index contributed by atoms with van der Waals surface area (Å²) in [6.45, 7) is 3.32. The molecule has 7 nitrogen and oxygen atoms in total. The van der Waals surface area contributed by atoms with Gasteiger partial charge in [-0.1, -0.05) is 6.07 Å². The molecule has 0 saturated carbocycles. The highest BCUT2D eigenvalue weighted by Crippen LogP contribution is 2.30. The molecule has 0 radical (unpaired) electrons. The number of anilines is 2. The van der Waals surface area contributed by atoms with Crippen LogP contribution in [0.15, 0.2) is 18.2 Å². The molecule has 0 amide bonds. The molecule has 1 aromatic carbocycles. The van der Waals surface area contributed by atoms with Crippen molar-refractivity contribution in [2.75, 3.05) is 37.3 Å². The summed E-state index contributed by atoms with van der Waals surface area (Å²) in [7, 11) is 0. The van der Waals surface area contributed by atoms with E-state index in [0.29, 0.717) is 18.3 Å². The monoisotopic (exact) mass is 292 g/mol. The summed E-state index contributed by atoms with van der Waals surface area (Å²) in [5, 5.41) is 14.2. The molecule has 2 aliphatic heterocycles. The van der Waals surface area contributed by atoms with Crippen molar-refractivity contribution in [3.63, 3.8) is 0 Å². The molecule has 0 bridgehead atoms. The third-order valence-corrected chi connectivity index (χ3v) is 4.23. The van der Waals surface area contributed by atoms with Crippen molar-refractivity contribution in [3.05, 3.63) is 28.3 Å². The molecule has 1 aromatic rings. The summed E-state index contributed by atoms with van der Waals surface area (Å²) >= 11 is 0. The topological polar surface area (TPSA) is 93.7 Å². The van der Waals surface area contributed by atoms with Crippen LogP contribution >= 0.6 is 0 Å². The Hall–Kier alpha value is -1.86. The first-order chi connectivity index (χ1) is 10.1. The number of hydrogen-bond donors (Lipinski definition) is 2. The van der Waals surface area contributed by atoms with E-state index < -0.39 is 4.92 Å². The van der Waals surface area contributed by atoms with Crippen LogP contribution in [0.5, 0.6) is 0 Å². The maximum atomic E-state index is 11.1. The molecule has 0 spiro atoms. The van der Waals surface area contributed by atoms with E-state index in [-0.39, 0.29) is 17.5 Å². The van der Waals surface area contributed by atoms with Gasteiger partial charge >= 0.3 is 5.69 Å². The standard InChI is InChI=1S/C14H20N4O3/c15-12-4-1-5-13(14(12)18(19)20)16-7-11-8-17-6-2-3-10(17)9-21-11/h1,4-5,10-11,16H,2-3,6-9,15H2. The number of para-hydroxylation sites is 1. The quantitative estimate of drug-likeness (QED) is 0.495. The van der Waals surface area contributed by atoms with Gasteiger partial charge in [-0.25, -0.2) is 0 Å². The minimum Gasteiger partial charge on any atom is -0.393 e. The largest absolute Gasteiger partial charge is 0.393 e. The predicted molar refractivity (Wildman–Crippen MR) is 80.3 cm³/mol. The normalized spacial score (nSPS) is 25.5. The number of ether oxygens (including phenoxy) is 1. The van der Waals surface area contributed by atoms with E-state index >= 15 is 0 Å². The van der Waals surface area contributed by atoms with Crippen molar-refractivity contribution in [3.8, 4) is 0 Å². The number of hydrogen-bond acceptors (Lipinski definition) is 6. The van der Waals surface area contributed by atoms with Crippen molar-refractivity contribution in [2.24, 2.45) is 0 Å². The molecule has 2 fully saturated rings. The lowest BCUT2D eigenvalue weighted by Crippen LogP contribution is -2.48. The summed E-state index contributed by atoms with van der Waals surface area (Å²) in [5.74, 6) is 0. The summed E-state index contributed by atoms with van der Waals surface area (Å²) in [6, 6.07) is 5.48. The number of morpholine rings is 1. The molecule has 21 heavy (non-hydrogen) atoms. The molecule has 3 rings (SSSR count). The maximum absolute atomic E-state index is 11.1. The number of nitrogens with one attached hydrogen (secondary N) is 1. The highest BCUT2D eigenvalue weighted by atomic mass is 16.6. The van der Waals surface area contributed by atoms with Gasteiger partial charge in [-0.15, -0.1) is 0 Å². The Balaban J connectivity index is 1.63. The number of nitrogens with zero attached hydrogens (tertiary/aromatic N) is 2. The number of nitro benzene ring substituents is 1. The van der Waals surface area contributed by atoms with Gasteiger partial charge in [0.05, 0.1) is 17.6 Å². The van der Waals surface area contributed by atoms with E-state index in [9.17, 15) is 10.1 Å². The summed E-state index contributed by atoms with van der Waals surface area (Å²) in [5.41, 5.74) is 6.24. The first kappa shape index (κ1) is 14.1. The van der Waals surface area contributed by atoms with Crippen molar-refractivity contribution in [1.29, 1.82) is 0 Å². The van der Waals surface area contributed by atoms with Crippen LogP contribution in [0.2, 0.25) is 0 Å². The smallest absolute Gasteiger partial charge is 0.314 e. The van der Waals surface area contributed by atoms with Gasteiger partial charge in [-0.2, -0.15) is 0 Å². The fourth-order valence-electron chi connectivity index (χ4n) is 3.14. The first-order valence-electron chi connectivity index (χ1n) is 7.27. The van der Waals surface area contributed by atoms with Crippen LogP contribution in [-0.4, -0.2) is 48.2 Å². The predicted octanol–water partition coefficient (Wildman–Crippen LogP) is 1.45. The number of fused-ring (bicyclic) bond motifs is 1. The molecule has 114 valence electrons. The second-order valence-corrected chi connectivity index (χ2v) is 5.63. The number of nitrogen functional groups attached to an aromatic ring is 1. The highest BCUT2D eigenvalue weighted by Gasteiger charge is 2.32. The van der Waals surface area contributed by atoms with Crippen LogP contribution in [0.4, 0.5) is 17.1 Å². The zero-order valence-corrected chi connectivity index (χ0v) is 11.8. The van der Waals surface area contributed by atoms with Gasteiger partial charge in [0, 0.05) is 19.1 Å². The Kier molecular flexibility index (Phi) is 3.94. The molecule has 7 heteroatoms. The lowest BCUT2D eigenvalue weighted by atomic mass is 10.2. The van der Waals surface area contributed by atoms with E-state index in [1.54, 1.807) is 12.1 Å². The first-order valence-corrected chi connectivity index (χ1v) is 7.27. The molecule has 2 unspecified atom stereocenters. The fourth-order valence-corrected chi connectivity index (χ4v) is 3.14. The van der Waals surface area contributed by atoms with Gasteiger partial charge in [0.25, 0.3) is 0 Å². The van der Waals surface area contributed by atoms with Gasteiger partial charge in [0.15, 0.2) is 0 Å². The Morgan fingerprint density at radius 2 is 2.38 bits per heavy atom. The van der Waals surface area contributed by atoms with Crippen molar-refractivity contribution in [1.82, 2.24) is 4.90 Å². The zero-order valence-electron chi connectivity index (χ0n) is 11.8. The SMILES string of the molecule is Nc1cccc(NCC2CN3CCCC3CO2)c1[N+](=O)[O-]. The van der Waals surface area contributed by atoms with E-state index in [1.165, 1.54) is 18.9 Å². The third kappa shape index (κ3) is 2.93. The molecule has 0 aromatic heterocycles. The van der Waals surface area contributed by atoms with Crippen LogP contribution in [0, 0.1) is 10.1 Å². The molecule has 2 heterocycles. The average Bonchev–Trinajstić information content (AvgIpc) is 2.92. The summed E-state index contributed by atoms with van der Waals surface area (Å²) in [4.78, 5) is 13.1. The van der Waals surface area contributed by atoms with Crippen molar-refractivity contribution < 1.29 is 9.66 Å². The molecular weight excluding hydrogens is 272 g/mol. The van der Waals surface area contributed by atoms with Crippen molar-refractivity contribution >= 4 is 17.1 Å². The van der Waals surface area contributed by atoms with Gasteiger partial charge in [0.1, 0.15) is 11.4 Å². The van der Waals surface area contributed by atoms with Gasteiger partial charge < -0.3 is 15.8 Å². The van der Waals surface area contributed by atoms with Crippen LogP contribution in [0.3, 0.4) is 0 Å².